The van der Waals surface area contributed by atoms with E-state index in [-0.39, 0.29) is 5.54 Å². The van der Waals surface area contributed by atoms with Gasteiger partial charge in [-0.05, 0) is 40.5 Å². The van der Waals surface area contributed by atoms with Gasteiger partial charge in [-0.3, -0.25) is 0 Å². The van der Waals surface area contributed by atoms with Crippen molar-refractivity contribution in [3.63, 3.8) is 0 Å². The molecule has 1 N–H and O–H groups in total. The molecule has 0 aromatic rings. The molecule has 1 rings (SSSR count). The third kappa shape index (κ3) is 2.89. The fraction of sp³-hybridized carbons (Fsp3) is 1.00. The summed E-state index contributed by atoms with van der Waals surface area (Å²) in [5.41, 5.74) is -1.10. The predicted molar refractivity (Wildman–Crippen MR) is 48.0 cm³/mol. The van der Waals surface area contributed by atoms with Gasteiger partial charge in [-0.2, -0.15) is 10.2 Å². The van der Waals surface area contributed by atoms with Gasteiger partial charge in [0.15, 0.2) is 5.72 Å². The Kier molecular flexibility index (Phi) is 2.25. The summed E-state index contributed by atoms with van der Waals surface area (Å²) in [6.07, 6.45) is 2.16. The highest BCUT2D eigenvalue weighted by atomic mass is 16.3. The zero-order valence-corrected chi connectivity index (χ0v) is 8.33. The average Bonchev–Trinajstić information content (AvgIpc) is 2.62. The number of nitrogens with zero attached hydrogens (tertiary/aromatic N) is 2. The molecule has 0 bridgehead atoms. The van der Waals surface area contributed by atoms with Crippen LogP contribution in [0.4, 0.5) is 0 Å². The second-order valence-corrected chi connectivity index (χ2v) is 4.74. The Hall–Kier alpha value is -0.440. The molecule has 1 aliphatic rings. The van der Waals surface area contributed by atoms with Crippen LogP contribution in [0, 0.1) is 5.92 Å². The van der Waals surface area contributed by atoms with Crippen molar-refractivity contribution in [2.24, 2.45) is 16.1 Å². The molecule has 1 fully saturated rings. The standard InChI is InChI=1S/C9H18N2O/c1-8(2,3)10-11-9(4,12)7-5-6-7/h7,12H,5-6H2,1-4H3. The molecule has 0 spiro atoms. The van der Waals surface area contributed by atoms with Gasteiger partial charge in [-0.1, -0.05) is 0 Å². The number of azo groups is 1. The van der Waals surface area contributed by atoms with Crippen LogP contribution in [0.15, 0.2) is 10.2 Å². The Balaban J connectivity index is 2.53. The minimum atomic E-state index is -0.923. The van der Waals surface area contributed by atoms with E-state index in [1.807, 2.05) is 20.8 Å². The molecule has 1 unspecified atom stereocenters. The highest BCUT2D eigenvalue weighted by Crippen LogP contribution is 2.40. The van der Waals surface area contributed by atoms with E-state index < -0.39 is 5.72 Å². The summed E-state index contributed by atoms with van der Waals surface area (Å²) >= 11 is 0. The van der Waals surface area contributed by atoms with Crippen molar-refractivity contribution in [1.82, 2.24) is 0 Å². The smallest absolute Gasteiger partial charge is 0.176 e. The van der Waals surface area contributed by atoms with Gasteiger partial charge < -0.3 is 5.11 Å². The Morgan fingerprint density at radius 1 is 1.08 bits per heavy atom. The first-order valence-corrected chi connectivity index (χ1v) is 4.48. The molecule has 1 aliphatic carbocycles. The van der Waals surface area contributed by atoms with Crippen LogP contribution in [-0.2, 0) is 0 Å². The minimum absolute atomic E-state index is 0.182. The minimum Gasteiger partial charge on any atom is -0.368 e. The summed E-state index contributed by atoms with van der Waals surface area (Å²) in [6.45, 7) is 7.65. The van der Waals surface area contributed by atoms with Crippen LogP contribution < -0.4 is 0 Å². The molecule has 70 valence electrons. The first-order valence-electron chi connectivity index (χ1n) is 4.48. The average molecular weight is 170 g/mol. The Morgan fingerprint density at radius 3 is 1.92 bits per heavy atom. The van der Waals surface area contributed by atoms with Gasteiger partial charge in [-0.15, -0.1) is 0 Å². The second-order valence-electron chi connectivity index (χ2n) is 4.74. The maximum Gasteiger partial charge on any atom is 0.176 e. The van der Waals surface area contributed by atoms with Crippen LogP contribution in [0.25, 0.3) is 0 Å². The van der Waals surface area contributed by atoms with E-state index in [0.29, 0.717) is 5.92 Å². The van der Waals surface area contributed by atoms with Crippen LogP contribution in [0.1, 0.15) is 40.5 Å². The van der Waals surface area contributed by atoms with Crippen molar-refractivity contribution in [1.29, 1.82) is 0 Å². The van der Waals surface area contributed by atoms with E-state index in [9.17, 15) is 5.11 Å². The molecular weight excluding hydrogens is 152 g/mol. The molecular formula is C9H18N2O. The van der Waals surface area contributed by atoms with Crippen molar-refractivity contribution >= 4 is 0 Å². The zero-order chi connectivity index (χ0) is 9.41. The van der Waals surface area contributed by atoms with E-state index in [4.69, 9.17) is 0 Å². The molecule has 1 saturated carbocycles. The Labute approximate surface area is 73.9 Å². The lowest BCUT2D eigenvalue weighted by atomic mass is 10.1. The van der Waals surface area contributed by atoms with Crippen molar-refractivity contribution in [2.45, 2.75) is 51.8 Å². The SMILES string of the molecule is CC(C)(C)N=NC(C)(O)C1CC1. The largest absolute Gasteiger partial charge is 0.368 e. The lowest BCUT2D eigenvalue weighted by Crippen LogP contribution is -2.24. The van der Waals surface area contributed by atoms with Crippen LogP contribution in [-0.4, -0.2) is 16.4 Å². The lowest BCUT2D eigenvalue weighted by molar-refractivity contribution is 0.0356. The van der Waals surface area contributed by atoms with E-state index in [1.165, 1.54) is 0 Å². The molecule has 12 heavy (non-hydrogen) atoms. The predicted octanol–water partition coefficient (Wildman–Crippen LogP) is 2.36. The summed E-state index contributed by atoms with van der Waals surface area (Å²) < 4.78 is 0. The van der Waals surface area contributed by atoms with Crippen LogP contribution in [0.3, 0.4) is 0 Å². The number of aliphatic hydroxyl groups is 1. The van der Waals surface area contributed by atoms with Gasteiger partial charge in [0.05, 0.1) is 5.54 Å². The maximum atomic E-state index is 9.76. The molecule has 0 aromatic heterocycles. The molecule has 3 heteroatoms. The Bertz CT molecular complexity index is 187. The van der Waals surface area contributed by atoms with E-state index in [0.717, 1.165) is 12.8 Å². The van der Waals surface area contributed by atoms with Gasteiger partial charge >= 0.3 is 0 Å². The van der Waals surface area contributed by atoms with E-state index >= 15 is 0 Å². The van der Waals surface area contributed by atoms with Crippen molar-refractivity contribution in [3.05, 3.63) is 0 Å². The third-order valence-electron chi connectivity index (χ3n) is 1.90. The van der Waals surface area contributed by atoms with Crippen LogP contribution in [0.5, 0.6) is 0 Å². The van der Waals surface area contributed by atoms with Gasteiger partial charge in [-0.25, -0.2) is 0 Å². The summed E-state index contributed by atoms with van der Waals surface area (Å²) in [5, 5.41) is 17.8. The van der Waals surface area contributed by atoms with Crippen molar-refractivity contribution in [2.75, 3.05) is 0 Å². The molecule has 0 radical (unpaired) electrons. The summed E-state index contributed by atoms with van der Waals surface area (Å²) in [7, 11) is 0. The first kappa shape index (κ1) is 9.65. The van der Waals surface area contributed by atoms with Crippen LogP contribution in [0.2, 0.25) is 0 Å². The molecule has 0 amide bonds. The summed E-state index contributed by atoms with van der Waals surface area (Å²) in [6, 6.07) is 0. The zero-order valence-electron chi connectivity index (χ0n) is 8.33. The third-order valence-corrected chi connectivity index (χ3v) is 1.90. The quantitative estimate of drug-likeness (QED) is 0.635. The molecule has 1 atom stereocenters. The molecule has 3 nitrogen and oxygen atoms in total. The fourth-order valence-corrected chi connectivity index (χ4v) is 0.963. The van der Waals surface area contributed by atoms with Gasteiger partial charge in [0.2, 0.25) is 0 Å². The van der Waals surface area contributed by atoms with Gasteiger partial charge in [0.25, 0.3) is 0 Å². The van der Waals surface area contributed by atoms with E-state index in [2.05, 4.69) is 10.2 Å². The monoisotopic (exact) mass is 170 g/mol. The maximum absolute atomic E-state index is 9.76. The second kappa shape index (κ2) is 2.80. The van der Waals surface area contributed by atoms with Gasteiger partial charge in [0, 0.05) is 5.92 Å². The summed E-state index contributed by atoms with van der Waals surface area (Å²) in [5.74, 6) is 0.337. The molecule has 0 aliphatic heterocycles. The highest BCUT2D eigenvalue weighted by Gasteiger charge is 2.40. The molecule has 0 heterocycles. The molecule has 0 aromatic carbocycles. The lowest BCUT2D eigenvalue weighted by Gasteiger charge is -2.18. The number of rotatable bonds is 2. The molecule has 0 saturated heterocycles. The van der Waals surface area contributed by atoms with E-state index in [1.54, 1.807) is 6.92 Å². The number of hydrogen-bond acceptors (Lipinski definition) is 3. The summed E-state index contributed by atoms with van der Waals surface area (Å²) in [4.78, 5) is 0. The Morgan fingerprint density at radius 2 is 1.58 bits per heavy atom. The topological polar surface area (TPSA) is 45.0 Å². The van der Waals surface area contributed by atoms with Crippen LogP contribution >= 0.6 is 0 Å². The van der Waals surface area contributed by atoms with Crippen molar-refractivity contribution in [3.8, 4) is 0 Å². The number of hydrogen-bond donors (Lipinski definition) is 1. The fourth-order valence-electron chi connectivity index (χ4n) is 0.963. The van der Waals surface area contributed by atoms with Gasteiger partial charge in [0.1, 0.15) is 0 Å². The van der Waals surface area contributed by atoms with Crippen molar-refractivity contribution < 1.29 is 5.11 Å². The normalized spacial score (nSPS) is 24.4. The highest BCUT2D eigenvalue weighted by molar-refractivity contribution is 4.89. The first-order chi connectivity index (χ1) is 5.31.